The van der Waals surface area contributed by atoms with Gasteiger partial charge in [0, 0.05) is 10.7 Å². The maximum atomic E-state index is 12.2. The third kappa shape index (κ3) is 3.79. The Labute approximate surface area is 134 Å². The summed E-state index contributed by atoms with van der Waals surface area (Å²) >= 11 is 0. The van der Waals surface area contributed by atoms with Crippen molar-refractivity contribution in [3.8, 4) is 5.75 Å². The van der Waals surface area contributed by atoms with E-state index >= 15 is 0 Å². The lowest BCUT2D eigenvalue weighted by Crippen LogP contribution is -2.10. The van der Waals surface area contributed by atoms with Crippen molar-refractivity contribution in [1.82, 2.24) is 0 Å². The summed E-state index contributed by atoms with van der Waals surface area (Å²) in [6.45, 7) is 3.37. The molecule has 8 heteroatoms. The average Bonchev–Trinajstić information content (AvgIpc) is 2.40. The predicted molar refractivity (Wildman–Crippen MR) is 83.2 cm³/mol. The summed E-state index contributed by atoms with van der Waals surface area (Å²) in [7, 11) is -2.62. The minimum Gasteiger partial charge on any atom is -0.379 e. The molecular weight excluding hydrogens is 348 g/mol. The summed E-state index contributed by atoms with van der Waals surface area (Å²) in [6.07, 6.45) is 0. The molecule has 0 unspecified atom stereocenters. The summed E-state index contributed by atoms with van der Waals surface area (Å²) in [6, 6.07) is 9.90. The molecule has 0 atom stereocenters. The van der Waals surface area contributed by atoms with Crippen molar-refractivity contribution in [1.29, 1.82) is 0 Å². The van der Waals surface area contributed by atoms with Gasteiger partial charge >= 0.3 is 10.1 Å². The molecule has 0 aliphatic rings. The van der Waals surface area contributed by atoms with Crippen molar-refractivity contribution in [2.45, 2.75) is 23.6 Å². The first-order chi connectivity index (χ1) is 10.1. The Hall–Kier alpha value is -1.57. The SMILES string of the molecule is Cc1ccc(S(=O)(=O)Oc2ccc(S(=O)(=O)Cl)cc2C)cc1. The van der Waals surface area contributed by atoms with Crippen LogP contribution in [0.4, 0.5) is 0 Å². The van der Waals surface area contributed by atoms with Gasteiger partial charge in [-0.25, -0.2) is 8.42 Å². The molecule has 0 heterocycles. The number of hydrogen-bond acceptors (Lipinski definition) is 5. The Morgan fingerprint density at radius 2 is 1.41 bits per heavy atom. The molecule has 0 amide bonds. The maximum Gasteiger partial charge on any atom is 0.339 e. The highest BCUT2D eigenvalue weighted by atomic mass is 35.7. The third-order valence-corrected chi connectivity index (χ3v) is 5.54. The third-order valence-electron chi connectivity index (χ3n) is 2.94. The zero-order chi connectivity index (χ0) is 16.5. The quantitative estimate of drug-likeness (QED) is 0.618. The molecule has 0 radical (unpaired) electrons. The second kappa shape index (κ2) is 5.91. The molecule has 0 bridgehead atoms. The fourth-order valence-electron chi connectivity index (χ4n) is 1.74. The first-order valence-corrected chi connectivity index (χ1v) is 9.88. The topological polar surface area (TPSA) is 77.5 Å². The van der Waals surface area contributed by atoms with E-state index in [9.17, 15) is 16.8 Å². The van der Waals surface area contributed by atoms with Crippen molar-refractivity contribution in [2.24, 2.45) is 0 Å². The van der Waals surface area contributed by atoms with E-state index in [-0.39, 0.29) is 15.5 Å². The molecule has 22 heavy (non-hydrogen) atoms. The van der Waals surface area contributed by atoms with Gasteiger partial charge in [-0.2, -0.15) is 8.42 Å². The fraction of sp³-hybridized carbons (Fsp3) is 0.143. The van der Waals surface area contributed by atoms with Gasteiger partial charge in [-0.05, 0) is 49.7 Å². The van der Waals surface area contributed by atoms with Crippen LogP contribution in [-0.2, 0) is 19.2 Å². The van der Waals surface area contributed by atoms with Gasteiger partial charge < -0.3 is 4.18 Å². The van der Waals surface area contributed by atoms with Crippen molar-refractivity contribution >= 4 is 29.9 Å². The van der Waals surface area contributed by atoms with Gasteiger partial charge in [0.25, 0.3) is 9.05 Å². The van der Waals surface area contributed by atoms with Gasteiger partial charge in [0.1, 0.15) is 10.6 Å². The summed E-state index contributed by atoms with van der Waals surface area (Å²) in [5.74, 6) is 0.0460. The van der Waals surface area contributed by atoms with Crippen LogP contribution in [0.3, 0.4) is 0 Å². The van der Waals surface area contributed by atoms with Crippen LogP contribution in [0, 0.1) is 13.8 Å². The van der Waals surface area contributed by atoms with Gasteiger partial charge in [-0.1, -0.05) is 17.7 Å². The van der Waals surface area contributed by atoms with Crippen LogP contribution >= 0.6 is 10.7 Å². The van der Waals surface area contributed by atoms with Crippen LogP contribution in [0.15, 0.2) is 52.3 Å². The van der Waals surface area contributed by atoms with Crippen LogP contribution in [0.1, 0.15) is 11.1 Å². The van der Waals surface area contributed by atoms with E-state index < -0.39 is 19.2 Å². The number of aryl methyl sites for hydroxylation is 2. The first-order valence-electron chi connectivity index (χ1n) is 6.16. The van der Waals surface area contributed by atoms with E-state index in [4.69, 9.17) is 14.9 Å². The van der Waals surface area contributed by atoms with E-state index in [1.807, 2.05) is 6.92 Å². The molecule has 2 rings (SSSR count). The molecule has 0 fully saturated rings. The number of halogens is 1. The van der Waals surface area contributed by atoms with Crippen molar-refractivity contribution < 1.29 is 21.0 Å². The summed E-state index contributed by atoms with van der Waals surface area (Å²) in [4.78, 5) is -0.0988. The second-order valence-corrected chi connectivity index (χ2v) is 8.83. The van der Waals surface area contributed by atoms with Crippen LogP contribution in [0.2, 0.25) is 0 Å². The molecule has 0 saturated heterocycles. The molecule has 118 valence electrons. The molecule has 0 aliphatic heterocycles. The Morgan fingerprint density at radius 1 is 0.864 bits per heavy atom. The second-order valence-electron chi connectivity index (χ2n) is 4.72. The average molecular weight is 361 g/mol. The Kier molecular flexibility index (Phi) is 4.51. The Bertz CT molecular complexity index is 901. The normalized spacial score (nSPS) is 12.1. The van der Waals surface area contributed by atoms with Crippen LogP contribution < -0.4 is 4.18 Å². The predicted octanol–water partition coefficient (Wildman–Crippen LogP) is 3.00. The summed E-state index contributed by atoms with van der Waals surface area (Å²) in [5, 5.41) is 0. The molecule has 5 nitrogen and oxygen atoms in total. The lowest BCUT2D eigenvalue weighted by molar-refractivity contribution is 0.484. The lowest BCUT2D eigenvalue weighted by Gasteiger charge is -2.10. The van der Waals surface area contributed by atoms with Crippen LogP contribution in [-0.4, -0.2) is 16.8 Å². The van der Waals surface area contributed by atoms with E-state index in [2.05, 4.69) is 0 Å². The summed E-state index contributed by atoms with van der Waals surface area (Å²) in [5.41, 5.74) is 1.27. The minimum atomic E-state index is -3.98. The first kappa shape index (κ1) is 16.8. The molecule has 0 N–H and O–H groups in total. The van der Waals surface area contributed by atoms with Crippen LogP contribution in [0.5, 0.6) is 5.75 Å². The van der Waals surface area contributed by atoms with E-state index in [1.54, 1.807) is 12.1 Å². The minimum absolute atomic E-state index is 0.0199. The van der Waals surface area contributed by atoms with Gasteiger partial charge in [0.2, 0.25) is 0 Å². The largest absolute Gasteiger partial charge is 0.379 e. The monoisotopic (exact) mass is 360 g/mol. The maximum absolute atomic E-state index is 12.2. The number of benzene rings is 2. The van der Waals surface area contributed by atoms with Crippen molar-refractivity contribution in [2.75, 3.05) is 0 Å². The zero-order valence-electron chi connectivity index (χ0n) is 11.8. The standard InChI is InChI=1S/C14H13ClO5S2/c1-10-3-5-12(6-4-10)22(18,19)20-14-8-7-13(9-11(14)2)21(15,16)17/h3-9H,1-2H3. The zero-order valence-corrected chi connectivity index (χ0v) is 14.2. The lowest BCUT2D eigenvalue weighted by atomic mass is 10.2. The van der Waals surface area contributed by atoms with E-state index in [0.29, 0.717) is 5.56 Å². The molecular formula is C14H13ClO5S2. The van der Waals surface area contributed by atoms with Crippen molar-refractivity contribution in [3.63, 3.8) is 0 Å². The highest BCUT2D eigenvalue weighted by molar-refractivity contribution is 8.13. The van der Waals surface area contributed by atoms with Crippen LogP contribution in [0.25, 0.3) is 0 Å². The summed E-state index contributed by atoms with van der Waals surface area (Å²) < 4.78 is 51.9. The Morgan fingerprint density at radius 3 is 1.91 bits per heavy atom. The Balaban J connectivity index is 2.36. The number of hydrogen-bond donors (Lipinski definition) is 0. The van der Waals surface area contributed by atoms with Gasteiger partial charge in [-0.3, -0.25) is 0 Å². The molecule has 2 aromatic carbocycles. The number of rotatable bonds is 4. The van der Waals surface area contributed by atoms with E-state index in [0.717, 1.165) is 5.56 Å². The van der Waals surface area contributed by atoms with Gasteiger partial charge in [0.15, 0.2) is 0 Å². The molecule has 0 aromatic heterocycles. The molecule has 0 aliphatic carbocycles. The smallest absolute Gasteiger partial charge is 0.339 e. The van der Waals surface area contributed by atoms with Gasteiger partial charge in [0.05, 0.1) is 4.90 Å². The highest BCUT2D eigenvalue weighted by Crippen LogP contribution is 2.26. The van der Waals surface area contributed by atoms with E-state index in [1.165, 1.54) is 37.3 Å². The van der Waals surface area contributed by atoms with Gasteiger partial charge in [-0.15, -0.1) is 0 Å². The fourth-order valence-corrected chi connectivity index (χ4v) is 3.56. The molecule has 0 spiro atoms. The molecule has 2 aromatic rings. The molecule has 0 saturated carbocycles. The van der Waals surface area contributed by atoms with Crippen molar-refractivity contribution in [3.05, 3.63) is 53.6 Å². The highest BCUT2D eigenvalue weighted by Gasteiger charge is 2.19.